The first-order chi connectivity index (χ1) is 9.87. The van der Waals surface area contributed by atoms with E-state index in [0.29, 0.717) is 5.76 Å². The van der Waals surface area contributed by atoms with Crippen molar-refractivity contribution < 1.29 is 23.1 Å². The second-order valence-electron chi connectivity index (χ2n) is 5.06. The zero-order valence-corrected chi connectivity index (χ0v) is 11.4. The summed E-state index contributed by atoms with van der Waals surface area (Å²) >= 11 is 0. The lowest BCUT2D eigenvalue weighted by molar-refractivity contribution is 0.0510. The molecule has 0 aliphatic carbocycles. The Morgan fingerprint density at radius 2 is 2.10 bits per heavy atom. The van der Waals surface area contributed by atoms with Crippen LogP contribution in [-0.2, 0) is 6.42 Å². The summed E-state index contributed by atoms with van der Waals surface area (Å²) in [4.78, 5) is 11.8. The quantitative estimate of drug-likeness (QED) is 0.889. The van der Waals surface area contributed by atoms with Gasteiger partial charge in [-0.25, -0.2) is 8.78 Å². The minimum atomic E-state index is -1.22. The largest absolute Gasteiger partial charge is 0.469 e. The molecule has 1 atom stereocenters. The molecule has 6 heteroatoms. The van der Waals surface area contributed by atoms with Gasteiger partial charge in [-0.3, -0.25) is 4.79 Å². The van der Waals surface area contributed by atoms with E-state index in [0.717, 1.165) is 12.1 Å². The lowest BCUT2D eigenvalue weighted by Gasteiger charge is -2.22. The van der Waals surface area contributed by atoms with Crippen molar-refractivity contribution in [2.75, 3.05) is 6.54 Å². The Labute approximate surface area is 120 Å². The van der Waals surface area contributed by atoms with Crippen LogP contribution >= 0.6 is 0 Å². The van der Waals surface area contributed by atoms with Gasteiger partial charge in [0.15, 0.2) is 11.6 Å². The summed E-state index contributed by atoms with van der Waals surface area (Å²) in [5, 5.41) is 12.7. The van der Waals surface area contributed by atoms with Gasteiger partial charge in [-0.1, -0.05) is 0 Å². The summed E-state index contributed by atoms with van der Waals surface area (Å²) in [6.45, 7) is 1.49. The van der Waals surface area contributed by atoms with Gasteiger partial charge in [-0.15, -0.1) is 0 Å². The molecule has 0 fully saturated rings. The highest BCUT2D eigenvalue weighted by Crippen LogP contribution is 2.13. The Bertz CT molecular complexity index is 624. The Balaban J connectivity index is 1.95. The maximum atomic E-state index is 13.0. The third kappa shape index (κ3) is 4.13. The van der Waals surface area contributed by atoms with E-state index < -0.39 is 23.1 Å². The molecule has 0 spiro atoms. The molecule has 21 heavy (non-hydrogen) atoms. The number of hydrogen-bond acceptors (Lipinski definition) is 3. The molecule has 1 heterocycles. The number of halogens is 2. The van der Waals surface area contributed by atoms with Gasteiger partial charge in [0.2, 0.25) is 0 Å². The molecule has 4 nitrogen and oxygen atoms in total. The van der Waals surface area contributed by atoms with Gasteiger partial charge < -0.3 is 14.8 Å². The normalized spacial score (nSPS) is 13.7. The Kier molecular flexibility index (Phi) is 4.37. The number of benzene rings is 1. The fourth-order valence-corrected chi connectivity index (χ4v) is 1.86. The van der Waals surface area contributed by atoms with Crippen LogP contribution in [0.4, 0.5) is 8.78 Å². The molecule has 0 saturated heterocycles. The van der Waals surface area contributed by atoms with Gasteiger partial charge in [-0.2, -0.15) is 0 Å². The summed E-state index contributed by atoms with van der Waals surface area (Å²) in [6, 6.07) is 6.28. The molecular formula is C15H15F2NO3. The van der Waals surface area contributed by atoms with E-state index in [2.05, 4.69) is 5.32 Å². The van der Waals surface area contributed by atoms with E-state index in [1.807, 2.05) is 0 Å². The molecule has 112 valence electrons. The van der Waals surface area contributed by atoms with E-state index in [4.69, 9.17) is 4.42 Å². The first-order valence-corrected chi connectivity index (χ1v) is 6.35. The number of nitrogens with one attached hydrogen (secondary N) is 1. The average Bonchev–Trinajstić information content (AvgIpc) is 2.91. The summed E-state index contributed by atoms with van der Waals surface area (Å²) in [5.74, 6) is -2.11. The third-order valence-electron chi connectivity index (χ3n) is 2.95. The van der Waals surface area contributed by atoms with E-state index in [1.54, 1.807) is 19.1 Å². The standard InChI is InChI=1S/C15H15F2NO3/c1-15(20,8-11-3-2-6-21-11)9-18-14(19)10-4-5-12(16)13(17)7-10/h2-7,20H,8-9H2,1H3,(H,18,19)/t15-/m0/s1. The number of aliphatic hydroxyl groups is 1. The van der Waals surface area contributed by atoms with Crippen LogP contribution in [-0.4, -0.2) is 23.2 Å². The maximum absolute atomic E-state index is 13.0. The Morgan fingerprint density at radius 3 is 2.71 bits per heavy atom. The van der Waals surface area contributed by atoms with E-state index >= 15 is 0 Å². The summed E-state index contributed by atoms with van der Waals surface area (Å²) in [6.07, 6.45) is 1.71. The number of rotatable bonds is 5. The van der Waals surface area contributed by atoms with Crippen LogP contribution in [0.25, 0.3) is 0 Å². The van der Waals surface area contributed by atoms with Gasteiger partial charge in [0.05, 0.1) is 11.9 Å². The van der Waals surface area contributed by atoms with Gasteiger partial charge in [0, 0.05) is 18.5 Å². The predicted molar refractivity (Wildman–Crippen MR) is 71.7 cm³/mol. The molecular weight excluding hydrogens is 280 g/mol. The van der Waals surface area contributed by atoms with Gasteiger partial charge in [0.25, 0.3) is 5.91 Å². The molecule has 2 N–H and O–H groups in total. The number of carbonyl (C=O) groups is 1. The number of carbonyl (C=O) groups excluding carboxylic acids is 1. The van der Waals surface area contributed by atoms with Crippen LogP contribution in [0.5, 0.6) is 0 Å². The van der Waals surface area contributed by atoms with Crippen LogP contribution in [0, 0.1) is 11.6 Å². The first-order valence-electron chi connectivity index (χ1n) is 6.35. The molecule has 2 aromatic rings. The Hall–Kier alpha value is -2.21. The summed E-state index contributed by atoms with van der Waals surface area (Å²) in [5.41, 5.74) is -1.23. The molecule has 1 amide bonds. The van der Waals surface area contributed by atoms with Crippen molar-refractivity contribution in [2.45, 2.75) is 18.9 Å². The van der Waals surface area contributed by atoms with Crippen molar-refractivity contribution in [1.29, 1.82) is 0 Å². The lowest BCUT2D eigenvalue weighted by Crippen LogP contribution is -2.42. The number of furan rings is 1. The third-order valence-corrected chi connectivity index (χ3v) is 2.95. The van der Waals surface area contributed by atoms with Crippen LogP contribution in [0.2, 0.25) is 0 Å². The van der Waals surface area contributed by atoms with Gasteiger partial charge >= 0.3 is 0 Å². The molecule has 1 aromatic carbocycles. The summed E-state index contributed by atoms with van der Waals surface area (Å²) < 4.78 is 31.0. The zero-order chi connectivity index (χ0) is 15.5. The van der Waals surface area contributed by atoms with Crippen LogP contribution in [0.1, 0.15) is 23.0 Å². The highest BCUT2D eigenvalue weighted by Gasteiger charge is 2.23. The SMILES string of the molecule is C[C@@](O)(CNC(=O)c1ccc(F)c(F)c1)Cc1ccco1. The zero-order valence-electron chi connectivity index (χ0n) is 11.4. The second kappa shape index (κ2) is 6.05. The van der Waals surface area contributed by atoms with E-state index in [-0.39, 0.29) is 18.5 Å². The van der Waals surface area contributed by atoms with E-state index in [9.17, 15) is 18.7 Å². The topological polar surface area (TPSA) is 62.5 Å². The molecule has 0 saturated carbocycles. The highest BCUT2D eigenvalue weighted by atomic mass is 19.2. The molecule has 2 rings (SSSR count). The molecule has 1 aromatic heterocycles. The van der Waals surface area contributed by atoms with Crippen LogP contribution in [0.15, 0.2) is 41.0 Å². The Morgan fingerprint density at radius 1 is 1.33 bits per heavy atom. The highest BCUT2D eigenvalue weighted by molar-refractivity contribution is 5.94. The van der Waals surface area contributed by atoms with Gasteiger partial charge in [-0.05, 0) is 37.3 Å². The molecule has 0 aliphatic rings. The monoisotopic (exact) mass is 295 g/mol. The molecule has 0 radical (unpaired) electrons. The van der Waals surface area contributed by atoms with Crippen molar-refractivity contribution in [3.8, 4) is 0 Å². The minimum absolute atomic E-state index is 0.0114. The molecule has 0 aliphatic heterocycles. The molecule has 0 unspecified atom stereocenters. The smallest absolute Gasteiger partial charge is 0.251 e. The number of hydrogen-bond donors (Lipinski definition) is 2. The maximum Gasteiger partial charge on any atom is 0.251 e. The lowest BCUT2D eigenvalue weighted by atomic mass is 10.0. The number of amides is 1. The summed E-state index contributed by atoms with van der Waals surface area (Å²) in [7, 11) is 0. The van der Waals surface area contributed by atoms with Crippen molar-refractivity contribution in [3.63, 3.8) is 0 Å². The fourth-order valence-electron chi connectivity index (χ4n) is 1.86. The predicted octanol–water partition coefficient (Wildman–Crippen LogP) is 2.28. The van der Waals surface area contributed by atoms with Crippen molar-refractivity contribution in [1.82, 2.24) is 5.32 Å². The second-order valence-corrected chi connectivity index (χ2v) is 5.06. The van der Waals surface area contributed by atoms with Crippen molar-refractivity contribution >= 4 is 5.91 Å². The van der Waals surface area contributed by atoms with E-state index in [1.165, 1.54) is 12.3 Å². The first kappa shape index (κ1) is 15.2. The molecule has 0 bridgehead atoms. The minimum Gasteiger partial charge on any atom is -0.469 e. The van der Waals surface area contributed by atoms with Gasteiger partial charge in [0.1, 0.15) is 5.76 Å². The van der Waals surface area contributed by atoms with Crippen LogP contribution in [0.3, 0.4) is 0 Å². The van der Waals surface area contributed by atoms with Crippen molar-refractivity contribution in [2.24, 2.45) is 0 Å². The van der Waals surface area contributed by atoms with Crippen molar-refractivity contribution in [3.05, 3.63) is 59.6 Å². The fraction of sp³-hybridized carbons (Fsp3) is 0.267. The average molecular weight is 295 g/mol. The van der Waals surface area contributed by atoms with Crippen LogP contribution < -0.4 is 5.32 Å².